The van der Waals surface area contributed by atoms with Crippen molar-refractivity contribution in [2.75, 3.05) is 45.8 Å². The van der Waals surface area contributed by atoms with E-state index in [4.69, 9.17) is 19.4 Å². The minimum Gasteiger partial charge on any atom is -0.384 e. The topological polar surface area (TPSA) is 47.5 Å². The van der Waals surface area contributed by atoms with Crippen LogP contribution in [0.5, 0.6) is 0 Å². The highest BCUT2D eigenvalue weighted by atomic mass is 32.2. The molecule has 2 aromatic rings. The van der Waals surface area contributed by atoms with Crippen molar-refractivity contribution in [2.24, 2.45) is 0 Å². The minimum atomic E-state index is 0.724. The van der Waals surface area contributed by atoms with Gasteiger partial charge >= 0.3 is 0 Å². The first-order valence-electron chi connectivity index (χ1n) is 7.54. The summed E-state index contributed by atoms with van der Waals surface area (Å²) in [6.45, 7) is 4.99. The van der Waals surface area contributed by atoms with Crippen LogP contribution in [0.4, 0.5) is 0 Å². The smallest absolute Gasteiger partial charge is 0.144 e. The summed E-state index contributed by atoms with van der Waals surface area (Å²) >= 11 is 1.73. The third-order valence-corrected chi connectivity index (χ3v) is 4.56. The number of hydrogen-bond acceptors (Lipinski definition) is 6. The Morgan fingerprint density at radius 1 is 1.23 bits per heavy atom. The number of rotatable bonds is 6. The van der Waals surface area contributed by atoms with Gasteiger partial charge in [-0.3, -0.25) is 4.90 Å². The number of hydrogen-bond donors (Lipinski definition) is 0. The molecule has 1 aliphatic heterocycles. The maximum atomic E-state index is 5.40. The van der Waals surface area contributed by atoms with E-state index in [1.54, 1.807) is 18.9 Å². The van der Waals surface area contributed by atoms with Crippen LogP contribution in [0.2, 0.25) is 0 Å². The number of para-hydroxylation sites is 1. The minimum absolute atomic E-state index is 0.724. The summed E-state index contributed by atoms with van der Waals surface area (Å²) in [5.41, 5.74) is 1.01. The van der Waals surface area contributed by atoms with Gasteiger partial charge in [0.05, 0.1) is 31.9 Å². The molecule has 1 aromatic carbocycles. The average Bonchev–Trinajstić information content (AvgIpc) is 2.56. The highest BCUT2D eigenvalue weighted by Crippen LogP contribution is 2.25. The van der Waals surface area contributed by atoms with Crippen LogP contribution in [0, 0.1) is 0 Å². The maximum Gasteiger partial charge on any atom is 0.144 e. The molecule has 0 bridgehead atoms. The molecule has 5 nitrogen and oxygen atoms in total. The van der Waals surface area contributed by atoms with Gasteiger partial charge in [0.25, 0.3) is 0 Å². The van der Waals surface area contributed by atoms with Crippen molar-refractivity contribution in [3.05, 3.63) is 30.1 Å². The zero-order chi connectivity index (χ0) is 15.2. The number of aromatic nitrogens is 2. The van der Waals surface area contributed by atoms with Crippen molar-refractivity contribution in [1.29, 1.82) is 0 Å². The highest BCUT2D eigenvalue weighted by Gasteiger charge is 2.14. The number of morpholine rings is 1. The Labute approximate surface area is 135 Å². The van der Waals surface area contributed by atoms with Gasteiger partial charge in [-0.2, -0.15) is 0 Å². The Hall–Kier alpha value is -1.21. The molecule has 2 heterocycles. The van der Waals surface area contributed by atoms with Crippen LogP contribution in [-0.4, -0.2) is 60.6 Å². The van der Waals surface area contributed by atoms with Gasteiger partial charge in [0.15, 0.2) is 0 Å². The quantitative estimate of drug-likeness (QED) is 0.462. The van der Waals surface area contributed by atoms with E-state index in [9.17, 15) is 0 Å². The molecule has 0 aliphatic carbocycles. The van der Waals surface area contributed by atoms with Crippen molar-refractivity contribution in [3.8, 4) is 0 Å². The maximum absolute atomic E-state index is 5.40. The second-order valence-electron chi connectivity index (χ2n) is 5.19. The van der Waals surface area contributed by atoms with Crippen molar-refractivity contribution < 1.29 is 9.47 Å². The molecular formula is C16H21N3O2S. The van der Waals surface area contributed by atoms with Gasteiger partial charge < -0.3 is 9.47 Å². The summed E-state index contributed by atoms with van der Waals surface area (Å²) < 4.78 is 10.5. The largest absolute Gasteiger partial charge is 0.384 e. The van der Waals surface area contributed by atoms with Gasteiger partial charge in [0.2, 0.25) is 0 Å². The molecule has 0 N–H and O–H groups in total. The fourth-order valence-corrected chi connectivity index (χ4v) is 3.40. The zero-order valence-electron chi connectivity index (χ0n) is 12.8. The molecule has 1 saturated heterocycles. The molecule has 1 fully saturated rings. The van der Waals surface area contributed by atoms with E-state index in [0.717, 1.165) is 67.0 Å². The first-order chi connectivity index (χ1) is 10.9. The van der Waals surface area contributed by atoms with Crippen LogP contribution >= 0.6 is 11.8 Å². The van der Waals surface area contributed by atoms with Crippen LogP contribution in [0.25, 0.3) is 10.9 Å². The Morgan fingerprint density at radius 3 is 2.86 bits per heavy atom. The molecule has 118 valence electrons. The predicted octanol–water partition coefficient (Wildman–Crippen LogP) is 2.20. The lowest BCUT2D eigenvalue weighted by Gasteiger charge is -2.25. The monoisotopic (exact) mass is 319 g/mol. The van der Waals surface area contributed by atoms with Crippen LogP contribution in [-0.2, 0) is 16.0 Å². The fourth-order valence-electron chi connectivity index (χ4n) is 2.46. The number of nitrogens with zero attached hydrogens (tertiary/aromatic N) is 3. The summed E-state index contributed by atoms with van der Waals surface area (Å²) in [5.74, 6) is 1.79. The van der Waals surface area contributed by atoms with Gasteiger partial charge in [-0.25, -0.2) is 9.97 Å². The number of thioether (sulfide) groups is 1. The summed E-state index contributed by atoms with van der Waals surface area (Å²) in [6, 6.07) is 8.20. The summed E-state index contributed by atoms with van der Waals surface area (Å²) in [5, 5.41) is 2.17. The molecule has 0 atom stereocenters. The van der Waals surface area contributed by atoms with Gasteiger partial charge in [0, 0.05) is 31.3 Å². The summed E-state index contributed by atoms with van der Waals surface area (Å²) in [7, 11) is 1.72. The molecule has 3 rings (SSSR count). The highest BCUT2D eigenvalue weighted by molar-refractivity contribution is 7.99. The molecule has 22 heavy (non-hydrogen) atoms. The molecule has 0 saturated carbocycles. The first-order valence-corrected chi connectivity index (χ1v) is 8.53. The number of benzene rings is 1. The lowest BCUT2D eigenvalue weighted by atomic mass is 10.2. The molecule has 0 amide bonds. The second kappa shape index (κ2) is 7.87. The number of methoxy groups -OCH3 is 1. The lowest BCUT2D eigenvalue weighted by Crippen LogP contribution is -2.36. The Balaban J connectivity index is 1.83. The molecule has 1 aromatic heterocycles. The van der Waals surface area contributed by atoms with Crippen molar-refractivity contribution in [1.82, 2.24) is 14.9 Å². The average molecular weight is 319 g/mol. The van der Waals surface area contributed by atoms with E-state index in [-0.39, 0.29) is 0 Å². The van der Waals surface area contributed by atoms with E-state index in [1.165, 1.54) is 0 Å². The van der Waals surface area contributed by atoms with Gasteiger partial charge in [-0.1, -0.05) is 18.2 Å². The van der Waals surface area contributed by atoms with E-state index >= 15 is 0 Å². The van der Waals surface area contributed by atoms with Crippen molar-refractivity contribution >= 4 is 22.7 Å². The van der Waals surface area contributed by atoms with Crippen molar-refractivity contribution in [3.63, 3.8) is 0 Å². The van der Waals surface area contributed by atoms with Gasteiger partial charge in [-0.05, 0) is 6.07 Å². The second-order valence-corrected chi connectivity index (χ2v) is 6.28. The standard InChI is InChI=1S/C16H21N3O2S/c1-20-10-11-22-16-13-4-2-3-5-14(13)17-15(18-16)12-19-6-8-21-9-7-19/h2-5H,6-12H2,1H3. The Bertz CT molecular complexity index is 617. The van der Waals surface area contributed by atoms with Crippen LogP contribution in [0.1, 0.15) is 5.82 Å². The van der Waals surface area contributed by atoms with Gasteiger partial charge in [-0.15, -0.1) is 11.8 Å². The molecule has 6 heteroatoms. The van der Waals surface area contributed by atoms with Crippen LogP contribution in [0.15, 0.2) is 29.3 Å². The van der Waals surface area contributed by atoms with Crippen molar-refractivity contribution in [2.45, 2.75) is 11.6 Å². The number of ether oxygens (including phenoxy) is 2. The molecule has 0 radical (unpaired) electrons. The Kier molecular flexibility index (Phi) is 5.61. The van der Waals surface area contributed by atoms with Crippen LogP contribution < -0.4 is 0 Å². The third-order valence-electron chi connectivity index (χ3n) is 3.61. The summed E-state index contributed by atoms with van der Waals surface area (Å²) in [6.07, 6.45) is 0. The van der Waals surface area contributed by atoms with Crippen LogP contribution in [0.3, 0.4) is 0 Å². The first kappa shape index (κ1) is 15.7. The Morgan fingerprint density at radius 2 is 2.05 bits per heavy atom. The van der Waals surface area contributed by atoms with E-state index < -0.39 is 0 Å². The van der Waals surface area contributed by atoms with Gasteiger partial charge in [0.1, 0.15) is 10.9 Å². The summed E-state index contributed by atoms with van der Waals surface area (Å²) in [4.78, 5) is 11.8. The van der Waals surface area contributed by atoms with E-state index in [0.29, 0.717) is 0 Å². The molecular weight excluding hydrogens is 298 g/mol. The zero-order valence-corrected chi connectivity index (χ0v) is 13.6. The SMILES string of the molecule is COCCSc1nc(CN2CCOCC2)nc2ccccc12. The number of fused-ring (bicyclic) bond motifs is 1. The van der Waals surface area contributed by atoms with E-state index in [2.05, 4.69) is 17.0 Å². The van der Waals surface area contributed by atoms with E-state index in [1.807, 2.05) is 12.1 Å². The predicted molar refractivity (Wildman–Crippen MR) is 88.2 cm³/mol. The fraction of sp³-hybridized carbons (Fsp3) is 0.500. The normalized spacial score (nSPS) is 16.2. The third kappa shape index (κ3) is 3.95. The molecule has 0 spiro atoms. The lowest BCUT2D eigenvalue weighted by molar-refractivity contribution is 0.0330. The molecule has 1 aliphatic rings. The molecule has 0 unspecified atom stereocenters.